The van der Waals surface area contributed by atoms with Crippen LogP contribution in [0.15, 0.2) is 24.3 Å². The van der Waals surface area contributed by atoms with Crippen LogP contribution in [0.1, 0.15) is 44.1 Å². The standard InChI is InChI=1S/C18H27ClN2OS/c1-23-12-9-16(20)17(22)21-13-18(10-3-2-4-11-18)14-5-7-15(19)8-6-14/h5-8,16H,2-4,9-13,20H2,1H3,(H,21,22)/t16-/m0/s1. The normalized spacial score (nSPS) is 18.4. The molecule has 3 nitrogen and oxygen atoms in total. The van der Waals surface area contributed by atoms with Crippen molar-refractivity contribution < 1.29 is 4.79 Å². The van der Waals surface area contributed by atoms with Crippen molar-refractivity contribution in [3.05, 3.63) is 34.9 Å². The highest BCUT2D eigenvalue weighted by Crippen LogP contribution is 2.39. The maximum atomic E-state index is 12.3. The summed E-state index contributed by atoms with van der Waals surface area (Å²) in [5, 5.41) is 3.86. The molecule has 1 aliphatic carbocycles. The largest absolute Gasteiger partial charge is 0.354 e. The van der Waals surface area contributed by atoms with Gasteiger partial charge in [0, 0.05) is 17.0 Å². The second-order valence-electron chi connectivity index (χ2n) is 6.45. The molecule has 128 valence electrons. The van der Waals surface area contributed by atoms with Crippen LogP contribution < -0.4 is 11.1 Å². The van der Waals surface area contributed by atoms with Crippen molar-refractivity contribution in [3.8, 4) is 0 Å². The summed E-state index contributed by atoms with van der Waals surface area (Å²) in [7, 11) is 0. The first-order valence-electron chi connectivity index (χ1n) is 8.36. The number of hydrogen-bond donors (Lipinski definition) is 2. The van der Waals surface area contributed by atoms with E-state index in [0.29, 0.717) is 6.54 Å². The number of halogens is 1. The van der Waals surface area contributed by atoms with Crippen LogP contribution in [0.25, 0.3) is 0 Å². The number of amides is 1. The van der Waals surface area contributed by atoms with Crippen LogP contribution in [0.2, 0.25) is 5.02 Å². The van der Waals surface area contributed by atoms with Gasteiger partial charge < -0.3 is 11.1 Å². The van der Waals surface area contributed by atoms with E-state index in [-0.39, 0.29) is 11.3 Å². The molecule has 1 atom stereocenters. The van der Waals surface area contributed by atoms with Crippen LogP contribution in [0.5, 0.6) is 0 Å². The zero-order chi connectivity index (χ0) is 16.7. The Bertz CT molecular complexity index is 500. The lowest BCUT2D eigenvalue weighted by molar-refractivity contribution is -0.122. The molecule has 3 N–H and O–H groups in total. The summed E-state index contributed by atoms with van der Waals surface area (Å²) in [6.45, 7) is 0.667. The molecule has 0 heterocycles. The van der Waals surface area contributed by atoms with E-state index in [1.54, 1.807) is 11.8 Å². The summed E-state index contributed by atoms with van der Waals surface area (Å²) in [5.41, 5.74) is 7.28. The third-order valence-electron chi connectivity index (χ3n) is 4.84. The quantitative estimate of drug-likeness (QED) is 0.784. The molecule has 0 aromatic heterocycles. The molecule has 1 saturated carbocycles. The van der Waals surface area contributed by atoms with Crippen LogP contribution >= 0.6 is 23.4 Å². The Hall–Kier alpha value is -0.710. The molecule has 0 aliphatic heterocycles. The topological polar surface area (TPSA) is 55.1 Å². The predicted octanol–water partition coefficient (Wildman–Crippen LogP) is 3.74. The number of nitrogens with one attached hydrogen (secondary N) is 1. The molecular weight excluding hydrogens is 328 g/mol. The van der Waals surface area contributed by atoms with Crippen molar-refractivity contribution in [2.24, 2.45) is 5.73 Å². The Labute approximate surface area is 148 Å². The molecule has 0 bridgehead atoms. The fraction of sp³-hybridized carbons (Fsp3) is 0.611. The van der Waals surface area contributed by atoms with Crippen molar-refractivity contribution >= 4 is 29.3 Å². The molecule has 0 saturated heterocycles. The second-order valence-corrected chi connectivity index (χ2v) is 7.88. The summed E-state index contributed by atoms with van der Waals surface area (Å²) in [6.07, 6.45) is 8.65. The van der Waals surface area contributed by atoms with Crippen molar-refractivity contribution in [1.29, 1.82) is 0 Å². The van der Waals surface area contributed by atoms with Crippen LogP contribution in [-0.4, -0.2) is 30.5 Å². The van der Waals surface area contributed by atoms with Crippen LogP contribution in [-0.2, 0) is 10.2 Å². The first kappa shape index (κ1) is 18.6. The predicted molar refractivity (Wildman–Crippen MR) is 100 cm³/mol. The number of carbonyl (C=O) groups is 1. The Morgan fingerprint density at radius 1 is 1.30 bits per heavy atom. The Morgan fingerprint density at radius 3 is 2.57 bits per heavy atom. The molecule has 0 unspecified atom stereocenters. The summed E-state index contributed by atoms with van der Waals surface area (Å²) in [5.74, 6) is 0.884. The van der Waals surface area contributed by atoms with Gasteiger partial charge in [-0.25, -0.2) is 0 Å². The van der Waals surface area contributed by atoms with Gasteiger partial charge in [0.2, 0.25) is 5.91 Å². The molecule has 1 amide bonds. The van der Waals surface area contributed by atoms with Crippen molar-refractivity contribution in [2.75, 3.05) is 18.6 Å². The van der Waals surface area contributed by atoms with E-state index in [2.05, 4.69) is 17.4 Å². The van der Waals surface area contributed by atoms with Gasteiger partial charge in [0.05, 0.1) is 6.04 Å². The van der Waals surface area contributed by atoms with E-state index in [4.69, 9.17) is 17.3 Å². The highest BCUT2D eigenvalue weighted by atomic mass is 35.5. The lowest BCUT2D eigenvalue weighted by atomic mass is 9.69. The molecule has 2 rings (SSSR count). The highest BCUT2D eigenvalue weighted by molar-refractivity contribution is 7.98. The van der Waals surface area contributed by atoms with Crippen molar-refractivity contribution in [2.45, 2.75) is 50.0 Å². The SMILES string of the molecule is CSCC[C@H](N)C(=O)NCC1(c2ccc(Cl)cc2)CCCCC1. The zero-order valence-corrected chi connectivity index (χ0v) is 15.4. The average molecular weight is 355 g/mol. The lowest BCUT2D eigenvalue weighted by Crippen LogP contribution is -2.47. The molecular formula is C18H27ClN2OS. The van der Waals surface area contributed by atoms with Gasteiger partial charge in [-0.15, -0.1) is 0 Å². The summed E-state index contributed by atoms with van der Waals surface area (Å²) < 4.78 is 0. The van der Waals surface area contributed by atoms with Gasteiger partial charge in [0.25, 0.3) is 0 Å². The average Bonchev–Trinajstić information content (AvgIpc) is 2.59. The number of nitrogens with two attached hydrogens (primary N) is 1. The number of carbonyl (C=O) groups excluding carboxylic acids is 1. The van der Waals surface area contributed by atoms with E-state index < -0.39 is 6.04 Å². The third kappa shape index (κ3) is 5.13. The van der Waals surface area contributed by atoms with Crippen LogP contribution in [0.4, 0.5) is 0 Å². The van der Waals surface area contributed by atoms with E-state index >= 15 is 0 Å². The van der Waals surface area contributed by atoms with E-state index in [9.17, 15) is 4.79 Å². The minimum Gasteiger partial charge on any atom is -0.354 e. The van der Waals surface area contributed by atoms with Gasteiger partial charge in [0.1, 0.15) is 0 Å². The van der Waals surface area contributed by atoms with Gasteiger partial charge in [-0.3, -0.25) is 4.79 Å². The first-order valence-corrected chi connectivity index (χ1v) is 10.1. The molecule has 1 aromatic rings. The maximum absolute atomic E-state index is 12.3. The van der Waals surface area contributed by atoms with E-state index in [1.165, 1.54) is 24.8 Å². The minimum absolute atomic E-state index is 0.0255. The summed E-state index contributed by atoms with van der Waals surface area (Å²) >= 11 is 7.74. The Balaban J connectivity index is 2.04. The molecule has 1 fully saturated rings. The lowest BCUT2D eigenvalue weighted by Gasteiger charge is -2.38. The van der Waals surface area contributed by atoms with Crippen LogP contribution in [0.3, 0.4) is 0 Å². The molecule has 0 spiro atoms. The van der Waals surface area contributed by atoms with Gasteiger partial charge in [-0.05, 0) is 49.0 Å². The van der Waals surface area contributed by atoms with Gasteiger partial charge in [-0.1, -0.05) is 43.0 Å². The molecule has 1 aromatic carbocycles. The number of rotatable bonds is 7. The van der Waals surface area contributed by atoms with E-state index in [1.807, 2.05) is 18.4 Å². The molecule has 5 heteroatoms. The number of hydrogen-bond acceptors (Lipinski definition) is 3. The third-order valence-corrected chi connectivity index (χ3v) is 5.73. The molecule has 23 heavy (non-hydrogen) atoms. The van der Waals surface area contributed by atoms with Crippen LogP contribution in [0, 0.1) is 0 Å². The summed E-state index contributed by atoms with van der Waals surface area (Å²) in [6, 6.07) is 7.69. The monoisotopic (exact) mass is 354 g/mol. The number of benzene rings is 1. The smallest absolute Gasteiger partial charge is 0.236 e. The fourth-order valence-corrected chi connectivity index (χ4v) is 3.98. The van der Waals surface area contributed by atoms with Crippen molar-refractivity contribution in [3.63, 3.8) is 0 Å². The first-order chi connectivity index (χ1) is 11.1. The van der Waals surface area contributed by atoms with Gasteiger partial charge in [-0.2, -0.15) is 11.8 Å². The van der Waals surface area contributed by atoms with E-state index in [0.717, 1.165) is 30.0 Å². The second kappa shape index (κ2) is 8.95. The highest BCUT2D eigenvalue weighted by Gasteiger charge is 2.34. The fourth-order valence-electron chi connectivity index (χ4n) is 3.36. The maximum Gasteiger partial charge on any atom is 0.236 e. The Kier molecular flexibility index (Phi) is 7.25. The van der Waals surface area contributed by atoms with Gasteiger partial charge >= 0.3 is 0 Å². The van der Waals surface area contributed by atoms with Gasteiger partial charge in [0.15, 0.2) is 0 Å². The summed E-state index contributed by atoms with van der Waals surface area (Å²) in [4.78, 5) is 12.3. The minimum atomic E-state index is -0.409. The molecule has 1 aliphatic rings. The Morgan fingerprint density at radius 2 is 1.96 bits per heavy atom. The zero-order valence-electron chi connectivity index (χ0n) is 13.8. The number of thioether (sulfide) groups is 1. The van der Waals surface area contributed by atoms with Crippen molar-refractivity contribution in [1.82, 2.24) is 5.32 Å². The molecule has 0 radical (unpaired) electrons.